The van der Waals surface area contributed by atoms with Gasteiger partial charge in [-0.2, -0.15) is 4.98 Å². The Bertz CT molecular complexity index is 389. The molecule has 106 valence electrons. The molecular weight excluding hydrogens is 240 g/mol. The Morgan fingerprint density at radius 3 is 2.84 bits per heavy atom. The van der Waals surface area contributed by atoms with Crippen LogP contribution in [0.3, 0.4) is 0 Å². The SMILES string of the molecule is CCCNc1nccc(N2CCC(C(C)O)CC2)n1. The standard InChI is InChI=1S/C14H24N4O/c1-3-7-15-14-16-8-4-13(17-14)18-9-5-12(6-10-18)11(2)19/h4,8,11-12,19H,3,5-7,9-10H2,1-2H3,(H,15,16,17). The van der Waals surface area contributed by atoms with Crippen molar-refractivity contribution >= 4 is 11.8 Å². The van der Waals surface area contributed by atoms with Crippen LogP contribution in [0, 0.1) is 5.92 Å². The van der Waals surface area contributed by atoms with Gasteiger partial charge in [-0.05, 0) is 38.2 Å². The molecule has 1 aromatic heterocycles. The van der Waals surface area contributed by atoms with Crippen molar-refractivity contribution < 1.29 is 5.11 Å². The number of nitrogens with zero attached hydrogens (tertiary/aromatic N) is 3. The van der Waals surface area contributed by atoms with Crippen LogP contribution in [0.15, 0.2) is 12.3 Å². The maximum Gasteiger partial charge on any atom is 0.224 e. The molecule has 19 heavy (non-hydrogen) atoms. The number of aromatic nitrogens is 2. The lowest BCUT2D eigenvalue weighted by Crippen LogP contribution is -2.37. The number of rotatable bonds is 5. The van der Waals surface area contributed by atoms with Crippen molar-refractivity contribution in [3.63, 3.8) is 0 Å². The summed E-state index contributed by atoms with van der Waals surface area (Å²) in [6.07, 6.45) is 4.72. The third-order valence-corrected chi connectivity index (χ3v) is 3.72. The Labute approximate surface area is 115 Å². The molecule has 2 N–H and O–H groups in total. The molecule has 0 aliphatic carbocycles. The van der Waals surface area contributed by atoms with E-state index in [4.69, 9.17) is 0 Å². The monoisotopic (exact) mass is 264 g/mol. The third kappa shape index (κ3) is 3.80. The first kappa shape index (κ1) is 14.1. The average Bonchev–Trinajstić information content (AvgIpc) is 2.45. The van der Waals surface area contributed by atoms with Crippen molar-refractivity contribution in [2.75, 3.05) is 29.9 Å². The molecule has 1 unspecified atom stereocenters. The van der Waals surface area contributed by atoms with E-state index in [1.54, 1.807) is 6.20 Å². The fraction of sp³-hybridized carbons (Fsp3) is 0.714. The highest BCUT2D eigenvalue weighted by molar-refractivity contribution is 5.42. The third-order valence-electron chi connectivity index (χ3n) is 3.72. The van der Waals surface area contributed by atoms with E-state index in [1.165, 1.54) is 0 Å². The van der Waals surface area contributed by atoms with Crippen molar-refractivity contribution in [3.05, 3.63) is 12.3 Å². The minimum absolute atomic E-state index is 0.200. The van der Waals surface area contributed by atoms with Crippen LogP contribution in [0.1, 0.15) is 33.1 Å². The molecule has 2 rings (SSSR count). The highest BCUT2D eigenvalue weighted by atomic mass is 16.3. The van der Waals surface area contributed by atoms with E-state index >= 15 is 0 Å². The van der Waals surface area contributed by atoms with Gasteiger partial charge in [0.25, 0.3) is 0 Å². The predicted octanol–water partition coefficient (Wildman–Crippen LogP) is 1.90. The summed E-state index contributed by atoms with van der Waals surface area (Å²) in [4.78, 5) is 11.0. The quantitative estimate of drug-likeness (QED) is 0.850. The summed E-state index contributed by atoms with van der Waals surface area (Å²) in [5.41, 5.74) is 0. The van der Waals surface area contributed by atoms with Gasteiger partial charge in [-0.1, -0.05) is 6.92 Å². The Morgan fingerprint density at radius 1 is 1.47 bits per heavy atom. The lowest BCUT2D eigenvalue weighted by Gasteiger charge is -2.34. The Morgan fingerprint density at radius 2 is 2.21 bits per heavy atom. The topological polar surface area (TPSA) is 61.3 Å². The highest BCUT2D eigenvalue weighted by Gasteiger charge is 2.23. The number of aliphatic hydroxyl groups excluding tert-OH is 1. The van der Waals surface area contributed by atoms with Gasteiger partial charge in [0, 0.05) is 25.8 Å². The minimum Gasteiger partial charge on any atom is -0.393 e. The largest absolute Gasteiger partial charge is 0.393 e. The van der Waals surface area contributed by atoms with Crippen LogP contribution in [-0.4, -0.2) is 40.8 Å². The molecule has 1 aliphatic rings. The van der Waals surface area contributed by atoms with E-state index in [2.05, 4.69) is 27.1 Å². The summed E-state index contributed by atoms with van der Waals surface area (Å²) in [5.74, 6) is 2.12. The average molecular weight is 264 g/mol. The molecule has 2 heterocycles. The fourth-order valence-corrected chi connectivity index (χ4v) is 2.46. The van der Waals surface area contributed by atoms with Crippen molar-refractivity contribution in [1.82, 2.24) is 9.97 Å². The van der Waals surface area contributed by atoms with Gasteiger partial charge in [0.05, 0.1) is 6.10 Å². The molecule has 0 saturated carbocycles. The molecule has 1 saturated heterocycles. The van der Waals surface area contributed by atoms with Gasteiger partial charge in [0.1, 0.15) is 5.82 Å². The van der Waals surface area contributed by atoms with E-state index < -0.39 is 0 Å². The number of aliphatic hydroxyl groups is 1. The zero-order chi connectivity index (χ0) is 13.7. The maximum absolute atomic E-state index is 9.62. The van der Waals surface area contributed by atoms with Gasteiger partial charge in [-0.15, -0.1) is 0 Å². The Balaban J connectivity index is 1.95. The van der Waals surface area contributed by atoms with Gasteiger partial charge >= 0.3 is 0 Å². The minimum atomic E-state index is -0.200. The molecular formula is C14H24N4O. The zero-order valence-corrected chi connectivity index (χ0v) is 11.8. The van der Waals surface area contributed by atoms with Crippen LogP contribution >= 0.6 is 0 Å². The van der Waals surface area contributed by atoms with Gasteiger partial charge in [0.15, 0.2) is 0 Å². The summed E-state index contributed by atoms with van der Waals surface area (Å²) >= 11 is 0. The molecule has 1 aliphatic heterocycles. The number of hydrogen-bond acceptors (Lipinski definition) is 5. The van der Waals surface area contributed by atoms with Crippen LogP contribution in [0.2, 0.25) is 0 Å². The van der Waals surface area contributed by atoms with Gasteiger partial charge in [0.2, 0.25) is 5.95 Å². The van der Waals surface area contributed by atoms with Crippen molar-refractivity contribution in [1.29, 1.82) is 0 Å². The molecule has 0 radical (unpaired) electrons. The van der Waals surface area contributed by atoms with Crippen LogP contribution in [-0.2, 0) is 0 Å². The summed E-state index contributed by atoms with van der Waals surface area (Å²) in [6, 6.07) is 1.96. The molecule has 0 bridgehead atoms. The second-order valence-electron chi connectivity index (χ2n) is 5.23. The smallest absolute Gasteiger partial charge is 0.224 e. The fourth-order valence-electron chi connectivity index (χ4n) is 2.46. The molecule has 5 nitrogen and oxygen atoms in total. The molecule has 1 fully saturated rings. The molecule has 0 amide bonds. The first-order chi connectivity index (χ1) is 9.20. The Hall–Kier alpha value is -1.36. The number of nitrogens with one attached hydrogen (secondary N) is 1. The van der Waals surface area contributed by atoms with Crippen LogP contribution in [0.25, 0.3) is 0 Å². The number of hydrogen-bond donors (Lipinski definition) is 2. The second kappa shape index (κ2) is 6.70. The van der Waals surface area contributed by atoms with E-state index in [0.29, 0.717) is 11.9 Å². The second-order valence-corrected chi connectivity index (χ2v) is 5.23. The summed E-state index contributed by atoms with van der Waals surface area (Å²) in [5, 5.41) is 12.8. The van der Waals surface area contributed by atoms with E-state index in [1.807, 2.05) is 13.0 Å². The maximum atomic E-state index is 9.62. The van der Waals surface area contributed by atoms with Gasteiger partial charge in [-0.3, -0.25) is 0 Å². The summed E-state index contributed by atoms with van der Waals surface area (Å²) < 4.78 is 0. The van der Waals surface area contributed by atoms with Crippen molar-refractivity contribution in [2.45, 2.75) is 39.2 Å². The zero-order valence-electron chi connectivity index (χ0n) is 11.8. The van der Waals surface area contributed by atoms with Crippen LogP contribution in [0.5, 0.6) is 0 Å². The summed E-state index contributed by atoms with van der Waals surface area (Å²) in [6.45, 7) is 6.82. The molecule has 0 aromatic carbocycles. The molecule has 1 aromatic rings. The molecule has 5 heteroatoms. The molecule has 1 atom stereocenters. The first-order valence-electron chi connectivity index (χ1n) is 7.20. The Kier molecular flexibility index (Phi) is 4.96. The van der Waals surface area contributed by atoms with E-state index in [-0.39, 0.29) is 6.10 Å². The lowest BCUT2D eigenvalue weighted by molar-refractivity contribution is 0.110. The predicted molar refractivity (Wildman–Crippen MR) is 77.4 cm³/mol. The lowest BCUT2D eigenvalue weighted by atomic mass is 9.92. The summed E-state index contributed by atoms with van der Waals surface area (Å²) in [7, 11) is 0. The normalized spacial score (nSPS) is 18.4. The van der Waals surface area contributed by atoms with Crippen molar-refractivity contribution in [3.8, 4) is 0 Å². The van der Waals surface area contributed by atoms with Gasteiger partial charge in [-0.25, -0.2) is 4.98 Å². The van der Waals surface area contributed by atoms with Crippen LogP contribution in [0.4, 0.5) is 11.8 Å². The van der Waals surface area contributed by atoms with Gasteiger partial charge < -0.3 is 15.3 Å². The molecule has 0 spiro atoms. The number of anilines is 2. The first-order valence-corrected chi connectivity index (χ1v) is 7.20. The number of piperidine rings is 1. The van der Waals surface area contributed by atoms with E-state index in [9.17, 15) is 5.11 Å². The van der Waals surface area contributed by atoms with Crippen LogP contribution < -0.4 is 10.2 Å². The van der Waals surface area contributed by atoms with Crippen molar-refractivity contribution in [2.24, 2.45) is 5.92 Å². The highest BCUT2D eigenvalue weighted by Crippen LogP contribution is 2.24. The van der Waals surface area contributed by atoms with E-state index in [0.717, 1.165) is 44.7 Å².